The van der Waals surface area contributed by atoms with Gasteiger partial charge in [0, 0.05) is 6.42 Å². The third kappa shape index (κ3) is 41.8. The van der Waals surface area contributed by atoms with Crippen LogP contribution in [0.15, 0.2) is 85.1 Å². The van der Waals surface area contributed by atoms with Gasteiger partial charge in [-0.2, -0.15) is 0 Å². The van der Waals surface area contributed by atoms with Crippen LogP contribution in [0.4, 0.5) is 0 Å². The molecule has 58 heavy (non-hydrogen) atoms. The molecule has 0 radical (unpaired) electrons. The molecule has 0 aromatic carbocycles. The van der Waals surface area contributed by atoms with E-state index in [0.29, 0.717) is 23.9 Å². The number of carbonyl (C=O) groups excluding carboxylic acids is 1. The number of hydrogen-bond donors (Lipinski definition) is 3. The van der Waals surface area contributed by atoms with Gasteiger partial charge in [0.1, 0.15) is 13.2 Å². The number of aliphatic hydroxyl groups is 1. The first-order chi connectivity index (χ1) is 28.0. The predicted octanol–water partition coefficient (Wildman–Crippen LogP) is 13.0. The number of hydrogen-bond acceptors (Lipinski definition) is 5. The van der Waals surface area contributed by atoms with Gasteiger partial charge in [0.2, 0.25) is 5.91 Å². The number of carbonyl (C=O) groups is 1. The molecular formula is C49H88N2O6P+. The molecule has 0 heterocycles. The summed E-state index contributed by atoms with van der Waals surface area (Å²) in [4.78, 5) is 23.1. The Bertz CT molecular complexity index is 1220. The van der Waals surface area contributed by atoms with E-state index in [1.54, 1.807) is 6.08 Å². The highest BCUT2D eigenvalue weighted by Gasteiger charge is 2.27. The number of unbranched alkanes of at least 4 members (excludes halogenated alkanes) is 15. The SMILES string of the molecule is CC/C=C\C/C=C\C/C=C\C/C=C\C/C=C\C/C=C\CCCCC(=O)NC(COP(=O)(O)OCC[N+](C)(C)C)C(O)/C=C/CCCCCCCCCCCCCCC. The number of nitrogens with zero attached hydrogens (tertiary/aromatic N) is 1. The Kier molecular flexibility index (Phi) is 38.5. The van der Waals surface area contributed by atoms with Crippen LogP contribution in [-0.4, -0.2) is 73.4 Å². The second-order valence-corrected chi connectivity index (χ2v) is 17.9. The summed E-state index contributed by atoms with van der Waals surface area (Å²) in [7, 11) is 1.53. The van der Waals surface area contributed by atoms with Crippen LogP contribution in [0, 0.1) is 0 Å². The molecule has 0 spiro atoms. The number of rotatable bonds is 40. The first-order valence-corrected chi connectivity index (χ1v) is 24.5. The number of nitrogens with one attached hydrogen (secondary N) is 1. The Morgan fingerprint density at radius 1 is 0.603 bits per heavy atom. The molecule has 0 aliphatic heterocycles. The highest BCUT2D eigenvalue weighted by Crippen LogP contribution is 2.43. The van der Waals surface area contributed by atoms with Crippen molar-refractivity contribution in [3.63, 3.8) is 0 Å². The van der Waals surface area contributed by atoms with Gasteiger partial charge in [-0.05, 0) is 70.6 Å². The van der Waals surface area contributed by atoms with Crippen molar-refractivity contribution in [1.29, 1.82) is 0 Å². The van der Waals surface area contributed by atoms with E-state index >= 15 is 0 Å². The molecule has 0 aromatic rings. The van der Waals surface area contributed by atoms with Gasteiger partial charge < -0.3 is 19.8 Å². The van der Waals surface area contributed by atoms with E-state index < -0.39 is 20.0 Å². The quantitative estimate of drug-likeness (QED) is 0.0246. The molecule has 0 saturated heterocycles. The third-order valence-corrected chi connectivity index (χ3v) is 10.6. The average molecular weight is 832 g/mol. The topological polar surface area (TPSA) is 105 Å². The number of allylic oxidation sites excluding steroid dienone is 13. The first-order valence-electron chi connectivity index (χ1n) is 23.0. The van der Waals surface area contributed by atoms with E-state index in [1.807, 2.05) is 27.2 Å². The van der Waals surface area contributed by atoms with Crippen LogP contribution >= 0.6 is 7.82 Å². The second kappa shape index (κ2) is 40.1. The number of aliphatic hydroxyl groups excluding tert-OH is 1. The van der Waals surface area contributed by atoms with Crippen molar-refractivity contribution >= 4 is 13.7 Å². The zero-order valence-electron chi connectivity index (χ0n) is 37.8. The molecule has 0 aromatic heterocycles. The van der Waals surface area contributed by atoms with Crippen molar-refractivity contribution in [2.45, 2.75) is 180 Å². The van der Waals surface area contributed by atoms with Gasteiger partial charge >= 0.3 is 7.82 Å². The zero-order chi connectivity index (χ0) is 42.8. The molecule has 8 nitrogen and oxygen atoms in total. The van der Waals surface area contributed by atoms with Crippen molar-refractivity contribution in [3.05, 3.63) is 85.1 Å². The summed E-state index contributed by atoms with van der Waals surface area (Å²) in [5, 5.41) is 13.8. The smallest absolute Gasteiger partial charge is 0.387 e. The fraction of sp³-hybridized carbons (Fsp3) is 0.694. The Morgan fingerprint density at radius 3 is 1.52 bits per heavy atom. The number of phosphoric ester groups is 1. The lowest BCUT2D eigenvalue weighted by atomic mass is 10.0. The molecule has 3 N–H and O–H groups in total. The highest BCUT2D eigenvalue weighted by molar-refractivity contribution is 7.47. The maximum absolute atomic E-state index is 12.9. The van der Waals surface area contributed by atoms with Crippen LogP contribution in [0.2, 0.25) is 0 Å². The Labute approximate surface area is 356 Å². The van der Waals surface area contributed by atoms with Crippen LogP contribution in [0.25, 0.3) is 0 Å². The fourth-order valence-electron chi connectivity index (χ4n) is 5.98. The van der Waals surface area contributed by atoms with Gasteiger partial charge in [0.25, 0.3) is 0 Å². The second-order valence-electron chi connectivity index (χ2n) is 16.4. The van der Waals surface area contributed by atoms with Crippen LogP contribution in [0.3, 0.4) is 0 Å². The van der Waals surface area contributed by atoms with Gasteiger partial charge in [0.15, 0.2) is 0 Å². The summed E-state index contributed by atoms with van der Waals surface area (Å²) in [5.74, 6) is -0.223. The molecule has 0 aliphatic rings. The minimum Gasteiger partial charge on any atom is -0.387 e. The summed E-state index contributed by atoms with van der Waals surface area (Å²) >= 11 is 0. The molecule has 3 atom stereocenters. The van der Waals surface area contributed by atoms with E-state index in [1.165, 1.54) is 70.6 Å². The Hall–Kier alpha value is -2.32. The summed E-state index contributed by atoms with van der Waals surface area (Å²) in [6, 6.07) is -0.874. The summed E-state index contributed by atoms with van der Waals surface area (Å²) in [5.41, 5.74) is 0. The van der Waals surface area contributed by atoms with Crippen molar-refractivity contribution in [2.24, 2.45) is 0 Å². The van der Waals surface area contributed by atoms with Gasteiger partial charge in [-0.25, -0.2) is 4.57 Å². The maximum atomic E-state index is 12.9. The van der Waals surface area contributed by atoms with E-state index in [4.69, 9.17) is 9.05 Å². The van der Waals surface area contributed by atoms with Gasteiger partial charge in [-0.3, -0.25) is 13.8 Å². The van der Waals surface area contributed by atoms with Crippen molar-refractivity contribution in [2.75, 3.05) is 40.9 Å². The van der Waals surface area contributed by atoms with E-state index in [0.717, 1.165) is 70.6 Å². The number of amides is 1. The molecule has 0 saturated carbocycles. The molecular weight excluding hydrogens is 744 g/mol. The minimum atomic E-state index is -4.36. The van der Waals surface area contributed by atoms with Gasteiger partial charge in [0.05, 0.1) is 39.9 Å². The molecule has 1 amide bonds. The minimum absolute atomic E-state index is 0.0483. The van der Waals surface area contributed by atoms with E-state index in [9.17, 15) is 19.4 Å². The van der Waals surface area contributed by atoms with Crippen LogP contribution in [0.1, 0.15) is 168 Å². The lowest BCUT2D eigenvalue weighted by Gasteiger charge is -2.25. The maximum Gasteiger partial charge on any atom is 0.472 e. The number of quaternary nitrogens is 1. The largest absolute Gasteiger partial charge is 0.472 e. The predicted molar refractivity (Wildman–Crippen MR) is 249 cm³/mol. The molecule has 334 valence electrons. The standard InChI is InChI=1S/C49H87N2O6P/c1-6-8-10-12-14-16-18-20-22-23-24-25-26-27-29-31-33-35-37-39-41-43-49(53)50-47(46-57-58(54,55)56-45-44-51(3,4)5)48(52)42-40-38-36-34-32-30-28-21-19-17-15-13-11-9-7-2/h8,10,14,16,20,22,24-25,27,29,33,35,40,42,47-48,52H,6-7,9,11-13,15,17-19,21,23,26,28,30-32,34,36-39,41,43-46H2,1-5H3,(H-,50,53,54,55)/p+1/b10-8-,16-14-,22-20-,25-24-,29-27-,35-33-,42-40+. The van der Waals surface area contributed by atoms with Crippen molar-refractivity contribution in [3.8, 4) is 0 Å². The van der Waals surface area contributed by atoms with E-state index in [-0.39, 0.29) is 19.1 Å². The third-order valence-electron chi connectivity index (χ3n) is 9.62. The lowest BCUT2D eigenvalue weighted by molar-refractivity contribution is -0.870. The summed E-state index contributed by atoms with van der Waals surface area (Å²) < 4.78 is 23.5. The van der Waals surface area contributed by atoms with Gasteiger partial charge in [-0.1, -0.05) is 176 Å². The molecule has 3 unspecified atom stereocenters. The first kappa shape index (κ1) is 55.7. The molecule has 9 heteroatoms. The van der Waals surface area contributed by atoms with Crippen LogP contribution in [-0.2, 0) is 18.4 Å². The number of phosphoric acid groups is 1. The fourth-order valence-corrected chi connectivity index (χ4v) is 6.72. The zero-order valence-corrected chi connectivity index (χ0v) is 38.6. The van der Waals surface area contributed by atoms with Crippen LogP contribution in [0.5, 0.6) is 0 Å². The van der Waals surface area contributed by atoms with Gasteiger partial charge in [-0.15, -0.1) is 0 Å². The molecule has 0 aliphatic carbocycles. The Balaban J connectivity index is 4.52. The molecule has 0 bridgehead atoms. The van der Waals surface area contributed by atoms with Crippen molar-refractivity contribution in [1.82, 2.24) is 5.32 Å². The van der Waals surface area contributed by atoms with E-state index in [2.05, 4.69) is 92.1 Å². The van der Waals surface area contributed by atoms with Crippen molar-refractivity contribution < 1.29 is 32.9 Å². The Morgan fingerprint density at radius 2 is 1.03 bits per heavy atom. The summed E-state index contributed by atoms with van der Waals surface area (Å²) in [6.45, 7) is 4.64. The average Bonchev–Trinajstić information content (AvgIpc) is 3.17. The monoisotopic (exact) mass is 832 g/mol. The summed E-state index contributed by atoms with van der Waals surface area (Å²) in [6.07, 6.45) is 55.1. The van der Waals surface area contributed by atoms with Crippen LogP contribution < -0.4 is 5.32 Å². The molecule has 0 fully saturated rings. The molecule has 0 rings (SSSR count). The lowest BCUT2D eigenvalue weighted by Crippen LogP contribution is -2.45. The normalized spacial score (nSPS) is 15.1. The number of likely N-dealkylation sites (N-methyl/N-ethyl adjacent to an activating group) is 1. The highest BCUT2D eigenvalue weighted by atomic mass is 31.2.